The highest BCUT2D eigenvalue weighted by molar-refractivity contribution is 7.12. The van der Waals surface area contributed by atoms with Crippen LogP contribution < -0.4 is 0 Å². The van der Waals surface area contributed by atoms with E-state index in [4.69, 9.17) is 10.1 Å². The van der Waals surface area contributed by atoms with Gasteiger partial charge in [0, 0.05) is 41.5 Å². The molecule has 0 radical (unpaired) electrons. The van der Waals surface area contributed by atoms with Crippen LogP contribution in [0, 0.1) is 5.41 Å². The van der Waals surface area contributed by atoms with Crippen molar-refractivity contribution in [1.82, 2.24) is 9.88 Å². The number of H-pyrrole nitrogens is 1. The quantitative estimate of drug-likeness (QED) is 0.422. The van der Waals surface area contributed by atoms with Gasteiger partial charge in [-0.05, 0) is 87.1 Å². The van der Waals surface area contributed by atoms with Crippen molar-refractivity contribution in [1.29, 1.82) is 5.41 Å². The summed E-state index contributed by atoms with van der Waals surface area (Å²) in [5, 5.41) is 11.7. The summed E-state index contributed by atoms with van der Waals surface area (Å²) in [7, 11) is 1.86. The van der Waals surface area contributed by atoms with Gasteiger partial charge in [0.05, 0.1) is 5.71 Å². The molecule has 1 amide bonds. The molecule has 2 N–H and O–H groups in total. The Morgan fingerprint density at radius 2 is 1.97 bits per heavy atom. The van der Waals surface area contributed by atoms with E-state index in [1.807, 2.05) is 45.3 Å². The molecule has 1 aromatic carbocycles. The van der Waals surface area contributed by atoms with Crippen LogP contribution in [0.5, 0.6) is 0 Å². The fraction of sp³-hybridized carbons (Fsp3) is 0.462. The fourth-order valence-electron chi connectivity index (χ4n) is 4.64. The number of fused-ring (bicyclic) bond motifs is 1. The Bertz CT molecular complexity index is 1090. The van der Waals surface area contributed by atoms with Gasteiger partial charge in [-0.15, -0.1) is 11.3 Å². The minimum Gasteiger partial charge on any atom is -0.444 e. The fourth-order valence-corrected chi connectivity index (χ4v) is 5.31. The van der Waals surface area contributed by atoms with Gasteiger partial charge in [0.2, 0.25) is 0 Å². The van der Waals surface area contributed by atoms with Crippen LogP contribution in [0.4, 0.5) is 4.79 Å². The van der Waals surface area contributed by atoms with E-state index in [-0.39, 0.29) is 12.1 Å². The van der Waals surface area contributed by atoms with E-state index < -0.39 is 5.60 Å². The second kappa shape index (κ2) is 9.10. The van der Waals surface area contributed by atoms with Crippen LogP contribution in [0.1, 0.15) is 68.4 Å². The lowest BCUT2D eigenvalue weighted by Crippen LogP contribution is -2.42. The zero-order chi connectivity index (χ0) is 22.9. The summed E-state index contributed by atoms with van der Waals surface area (Å²) < 4.78 is 5.55. The molecule has 0 unspecified atom stereocenters. The Balaban J connectivity index is 1.43. The highest BCUT2D eigenvalue weighted by atomic mass is 32.1. The molecule has 170 valence electrons. The second-order valence-electron chi connectivity index (χ2n) is 9.85. The molecule has 4 rings (SSSR count). The first kappa shape index (κ1) is 22.6. The number of ether oxygens (including phenoxy) is 1. The zero-order valence-electron chi connectivity index (χ0n) is 19.4. The largest absolute Gasteiger partial charge is 0.444 e. The lowest BCUT2D eigenvalue weighted by atomic mass is 9.81. The molecule has 0 atom stereocenters. The number of aromatic nitrogens is 1. The smallest absolute Gasteiger partial charge is 0.410 e. The molecule has 6 heteroatoms. The van der Waals surface area contributed by atoms with Gasteiger partial charge in [-0.1, -0.05) is 12.1 Å². The highest BCUT2D eigenvalue weighted by Gasteiger charge is 2.30. The minimum absolute atomic E-state index is 0.230. The van der Waals surface area contributed by atoms with Crippen LogP contribution in [0.2, 0.25) is 0 Å². The molecule has 0 saturated heterocycles. The van der Waals surface area contributed by atoms with Gasteiger partial charge in [0.25, 0.3) is 0 Å². The van der Waals surface area contributed by atoms with E-state index in [9.17, 15) is 4.79 Å². The SMILES string of the molecule is CN(C(=O)OC(C)(C)C)C1CCC(c2c[nH]c3ccc(CC(=N)c4cccs4)cc23)CC1. The lowest BCUT2D eigenvalue weighted by molar-refractivity contribution is 0.0183. The van der Waals surface area contributed by atoms with Crippen molar-refractivity contribution in [2.45, 2.75) is 70.4 Å². The molecule has 3 aromatic rings. The maximum Gasteiger partial charge on any atom is 0.410 e. The van der Waals surface area contributed by atoms with E-state index >= 15 is 0 Å². The number of benzene rings is 1. The lowest BCUT2D eigenvalue weighted by Gasteiger charge is -2.35. The molecule has 1 aliphatic rings. The van der Waals surface area contributed by atoms with Gasteiger partial charge >= 0.3 is 6.09 Å². The van der Waals surface area contributed by atoms with Crippen molar-refractivity contribution < 1.29 is 9.53 Å². The average Bonchev–Trinajstić information content (AvgIpc) is 3.42. The number of carbonyl (C=O) groups excluding carboxylic acids is 1. The maximum absolute atomic E-state index is 12.4. The molecular formula is C26H33N3O2S. The molecule has 0 aliphatic heterocycles. The summed E-state index contributed by atoms with van der Waals surface area (Å²) in [6.45, 7) is 5.72. The summed E-state index contributed by atoms with van der Waals surface area (Å²) in [5.74, 6) is 0.485. The van der Waals surface area contributed by atoms with Crippen molar-refractivity contribution in [3.05, 3.63) is 57.9 Å². The minimum atomic E-state index is -0.468. The van der Waals surface area contributed by atoms with Crippen molar-refractivity contribution in [2.75, 3.05) is 7.05 Å². The van der Waals surface area contributed by atoms with E-state index in [0.717, 1.165) is 36.1 Å². The first-order valence-electron chi connectivity index (χ1n) is 11.4. The Labute approximate surface area is 194 Å². The standard InChI is InChI=1S/C26H33N3O2S/c1-26(2,3)31-25(30)29(4)19-10-8-18(9-11-19)21-16-28-23-12-7-17(14-20(21)23)15-22(27)24-6-5-13-32-24/h5-7,12-14,16,18-19,27-28H,8-11,15H2,1-4H3. The molecule has 5 nitrogen and oxygen atoms in total. The van der Waals surface area contributed by atoms with E-state index in [0.29, 0.717) is 18.1 Å². The summed E-state index contributed by atoms with van der Waals surface area (Å²) in [5.41, 5.74) is 3.89. The van der Waals surface area contributed by atoms with Crippen molar-refractivity contribution in [3.63, 3.8) is 0 Å². The van der Waals surface area contributed by atoms with Gasteiger partial charge in [-0.2, -0.15) is 0 Å². The monoisotopic (exact) mass is 451 g/mol. The number of rotatable bonds is 5. The summed E-state index contributed by atoms with van der Waals surface area (Å²) in [6, 6.07) is 10.8. The third kappa shape index (κ3) is 5.07. The van der Waals surface area contributed by atoms with Crippen LogP contribution in [-0.2, 0) is 11.2 Å². The number of nitrogens with one attached hydrogen (secondary N) is 2. The Kier molecular flexibility index (Phi) is 6.42. The van der Waals surface area contributed by atoms with Crippen LogP contribution >= 0.6 is 11.3 Å². The van der Waals surface area contributed by atoms with Crippen LogP contribution in [0.3, 0.4) is 0 Å². The molecule has 2 aromatic heterocycles. The third-order valence-electron chi connectivity index (χ3n) is 6.34. The Hall–Kier alpha value is -2.60. The topological polar surface area (TPSA) is 69.2 Å². The van der Waals surface area contributed by atoms with Crippen LogP contribution in [0.15, 0.2) is 41.9 Å². The summed E-state index contributed by atoms with van der Waals surface area (Å²) in [4.78, 5) is 18.7. The number of amides is 1. The summed E-state index contributed by atoms with van der Waals surface area (Å²) in [6.07, 6.45) is 6.65. The Morgan fingerprint density at radius 1 is 1.22 bits per heavy atom. The molecule has 32 heavy (non-hydrogen) atoms. The van der Waals surface area contributed by atoms with Gasteiger partial charge in [-0.25, -0.2) is 4.79 Å². The van der Waals surface area contributed by atoms with Crippen molar-refractivity contribution in [3.8, 4) is 0 Å². The highest BCUT2D eigenvalue weighted by Crippen LogP contribution is 2.38. The number of hydrogen-bond donors (Lipinski definition) is 2. The molecule has 0 bridgehead atoms. The van der Waals surface area contributed by atoms with Crippen molar-refractivity contribution >= 4 is 34.0 Å². The third-order valence-corrected chi connectivity index (χ3v) is 7.27. The van der Waals surface area contributed by atoms with Crippen LogP contribution in [-0.4, -0.2) is 40.4 Å². The molecule has 2 heterocycles. The Morgan fingerprint density at radius 3 is 2.62 bits per heavy atom. The van der Waals surface area contributed by atoms with E-state index in [2.05, 4.69) is 29.4 Å². The average molecular weight is 452 g/mol. The molecular weight excluding hydrogens is 418 g/mol. The predicted octanol–water partition coefficient (Wildman–Crippen LogP) is 6.73. The maximum atomic E-state index is 12.4. The van der Waals surface area contributed by atoms with E-state index in [1.54, 1.807) is 16.2 Å². The first-order chi connectivity index (χ1) is 15.2. The van der Waals surface area contributed by atoms with E-state index in [1.165, 1.54) is 16.5 Å². The van der Waals surface area contributed by atoms with Gasteiger partial charge in [0.15, 0.2) is 0 Å². The molecule has 1 aliphatic carbocycles. The van der Waals surface area contributed by atoms with Gasteiger partial charge in [0.1, 0.15) is 5.60 Å². The van der Waals surface area contributed by atoms with Gasteiger partial charge in [-0.3, -0.25) is 0 Å². The normalized spacial score (nSPS) is 19.1. The molecule has 0 spiro atoms. The molecule has 1 saturated carbocycles. The first-order valence-corrected chi connectivity index (χ1v) is 12.3. The number of nitrogens with zero attached hydrogens (tertiary/aromatic N) is 1. The summed E-state index contributed by atoms with van der Waals surface area (Å²) >= 11 is 1.62. The van der Waals surface area contributed by atoms with Gasteiger partial charge < -0.3 is 20.0 Å². The number of carbonyl (C=O) groups is 1. The zero-order valence-corrected chi connectivity index (χ0v) is 20.2. The van der Waals surface area contributed by atoms with Crippen molar-refractivity contribution in [2.24, 2.45) is 0 Å². The number of thiophene rings is 1. The molecule has 1 fully saturated rings. The van der Waals surface area contributed by atoms with Crippen LogP contribution in [0.25, 0.3) is 10.9 Å². The number of hydrogen-bond acceptors (Lipinski definition) is 4. The second-order valence-corrected chi connectivity index (χ2v) is 10.8. The number of aromatic amines is 1. The predicted molar refractivity (Wildman–Crippen MR) is 132 cm³/mol.